The first-order chi connectivity index (χ1) is 10.9. The highest BCUT2D eigenvalue weighted by Crippen LogP contribution is 2.33. The van der Waals surface area contributed by atoms with E-state index in [2.05, 4.69) is 15.0 Å². The van der Waals surface area contributed by atoms with Gasteiger partial charge in [-0.15, -0.1) is 25.6 Å². The van der Waals surface area contributed by atoms with Crippen molar-refractivity contribution >= 4 is 12.4 Å². The van der Waals surface area contributed by atoms with E-state index in [1.54, 1.807) is 0 Å². The van der Waals surface area contributed by atoms with Crippen molar-refractivity contribution in [2.24, 2.45) is 0 Å². The van der Waals surface area contributed by atoms with Gasteiger partial charge in [0, 0.05) is 37.8 Å². The molecule has 24 heavy (non-hydrogen) atoms. The largest absolute Gasteiger partial charge is 0.573 e. The Bertz CT molecular complexity index is 507. The first-order valence-corrected chi connectivity index (χ1v) is 7.90. The summed E-state index contributed by atoms with van der Waals surface area (Å²) in [5.41, 5.74) is 0.280. The van der Waals surface area contributed by atoms with Crippen LogP contribution in [-0.2, 0) is 0 Å². The van der Waals surface area contributed by atoms with Crippen LogP contribution in [0.1, 0.15) is 37.8 Å². The number of nitrogens with zero attached hydrogens (tertiary/aromatic N) is 1. The number of benzene rings is 1. The SMILES string of the molecule is CCCC[C@H](c1cc(OC(F)(F)F)ccc1F)N1CCNCC1.Cl. The normalized spacial score (nSPS) is 17.2. The van der Waals surface area contributed by atoms with E-state index in [0.717, 1.165) is 51.2 Å². The van der Waals surface area contributed by atoms with Crippen LogP contribution in [0.5, 0.6) is 5.75 Å². The van der Waals surface area contributed by atoms with Crippen molar-refractivity contribution in [1.29, 1.82) is 0 Å². The van der Waals surface area contributed by atoms with Crippen molar-refractivity contribution in [2.75, 3.05) is 26.2 Å². The summed E-state index contributed by atoms with van der Waals surface area (Å²) in [6.07, 6.45) is -2.23. The average Bonchev–Trinajstić information content (AvgIpc) is 2.50. The molecule has 8 heteroatoms. The Morgan fingerprint density at radius 1 is 1.25 bits per heavy atom. The van der Waals surface area contributed by atoms with Crippen LogP contribution < -0.4 is 10.1 Å². The molecular weight excluding hydrogens is 348 g/mol. The third-order valence-electron chi connectivity index (χ3n) is 3.98. The summed E-state index contributed by atoms with van der Waals surface area (Å²) < 4.78 is 55.4. The highest BCUT2D eigenvalue weighted by Gasteiger charge is 2.32. The second-order valence-corrected chi connectivity index (χ2v) is 5.68. The highest BCUT2D eigenvalue weighted by molar-refractivity contribution is 5.85. The molecule has 1 saturated heterocycles. The molecule has 1 fully saturated rings. The first-order valence-electron chi connectivity index (χ1n) is 7.90. The van der Waals surface area contributed by atoms with E-state index < -0.39 is 12.2 Å². The molecule has 2 rings (SSSR count). The van der Waals surface area contributed by atoms with Crippen LogP contribution >= 0.6 is 12.4 Å². The molecule has 3 nitrogen and oxygen atoms in total. The Hall–Kier alpha value is -1.05. The monoisotopic (exact) mass is 370 g/mol. The zero-order chi connectivity index (χ0) is 16.9. The number of hydrogen-bond acceptors (Lipinski definition) is 3. The van der Waals surface area contributed by atoms with Gasteiger partial charge in [-0.2, -0.15) is 0 Å². The standard InChI is InChI=1S/C16H22F4N2O.ClH/c1-2-3-4-15(22-9-7-21-8-10-22)13-11-12(5-6-14(13)17)23-16(18,19)20;/h5-6,11,15,21H,2-4,7-10H2,1H3;1H/t15-;/m1./s1. The number of halogens is 5. The number of piperazine rings is 1. The van der Waals surface area contributed by atoms with Gasteiger partial charge in [-0.3, -0.25) is 4.90 Å². The minimum Gasteiger partial charge on any atom is -0.406 e. The lowest BCUT2D eigenvalue weighted by Gasteiger charge is -2.35. The fourth-order valence-corrected chi connectivity index (χ4v) is 2.90. The van der Waals surface area contributed by atoms with Crippen LogP contribution in [0.15, 0.2) is 18.2 Å². The molecule has 0 aromatic heterocycles. The molecule has 1 aliphatic heterocycles. The minimum absolute atomic E-state index is 0. The van der Waals surface area contributed by atoms with E-state index in [4.69, 9.17) is 0 Å². The lowest BCUT2D eigenvalue weighted by atomic mass is 9.98. The van der Waals surface area contributed by atoms with Gasteiger partial charge in [-0.1, -0.05) is 19.8 Å². The third kappa shape index (κ3) is 6.11. The molecule has 1 aromatic carbocycles. The molecule has 1 aromatic rings. The van der Waals surface area contributed by atoms with E-state index in [1.807, 2.05) is 6.92 Å². The molecule has 0 radical (unpaired) electrons. The number of hydrogen-bond donors (Lipinski definition) is 1. The van der Waals surface area contributed by atoms with Gasteiger partial charge in [0.25, 0.3) is 0 Å². The fourth-order valence-electron chi connectivity index (χ4n) is 2.90. The van der Waals surface area contributed by atoms with Gasteiger partial charge in [-0.05, 0) is 24.6 Å². The van der Waals surface area contributed by atoms with E-state index >= 15 is 0 Å². The van der Waals surface area contributed by atoms with Crippen LogP contribution in [0.3, 0.4) is 0 Å². The van der Waals surface area contributed by atoms with Crippen molar-refractivity contribution in [3.63, 3.8) is 0 Å². The maximum Gasteiger partial charge on any atom is 0.573 e. The Balaban J connectivity index is 0.00000288. The molecule has 0 unspecified atom stereocenters. The van der Waals surface area contributed by atoms with Gasteiger partial charge >= 0.3 is 6.36 Å². The van der Waals surface area contributed by atoms with Crippen molar-refractivity contribution in [3.8, 4) is 5.75 Å². The second-order valence-electron chi connectivity index (χ2n) is 5.68. The molecule has 0 aliphatic carbocycles. The fraction of sp³-hybridized carbons (Fsp3) is 0.625. The van der Waals surface area contributed by atoms with E-state index in [-0.39, 0.29) is 29.8 Å². The van der Waals surface area contributed by atoms with Gasteiger partial charge in [0.15, 0.2) is 0 Å². The number of alkyl halides is 3. The van der Waals surface area contributed by atoms with Crippen LogP contribution in [0.4, 0.5) is 17.6 Å². The Kier molecular flexibility index (Phi) is 8.26. The molecular formula is C16H23ClF4N2O. The Morgan fingerprint density at radius 3 is 2.50 bits per heavy atom. The lowest BCUT2D eigenvalue weighted by molar-refractivity contribution is -0.274. The molecule has 1 N–H and O–H groups in total. The van der Waals surface area contributed by atoms with Crippen LogP contribution in [0.2, 0.25) is 0 Å². The summed E-state index contributed by atoms with van der Waals surface area (Å²) in [7, 11) is 0. The van der Waals surface area contributed by atoms with E-state index in [1.165, 1.54) is 6.07 Å². The van der Waals surface area contributed by atoms with Crippen LogP contribution in [0.25, 0.3) is 0 Å². The summed E-state index contributed by atoms with van der Waals surface area (Å²) in [5.74, 6) is -0.857. The van der Waals surface area contributed by atoms with Crippen LogP contribution in [0, 0.1) is 5.82 Å². The van der Waals surface area contributed by atoms with Crippen molar-refractivity contribution < 1.29 is 22.3 Å². The highest BCUT2D eigenvalue weighted by atomic mass is 35.5. The molecule has 1 aliphatic rings. The summed E-state index contributed by atoms with van der Waals surface area (Å²) in [4.78, 5) is 2.13. The van der Waals surface area contributed by atoms with Crippen LogP contribution in [-0.4, -0.2) is 37.4 Å². The maximum atomic E-state index is 14.3. The molecule has 1 atom stereocenters. The first kappa shape index (κ1) is 21.0. The van der Waals surface area contributed by atoms with Gasteiger partial charge in [0.1, 0.15) is 11.6 Å². The maximum absolute atomic E-state index is 14.3. The third-order valence-corrected chi connectivity index (χ3v) is 3.98. The smallest absolute Gasteiger partial charge is 0.406 e. The molecule has 0 amide bonds. The summed E-state index contributed by atoms with van der Waals surface area (Å²) >= 11 is 0. The van der Waals surface area contributed by atoms with Gasteiger partial charge in [-0.25, -0.2) is 4.39 Å². The summed E-state index contributed by atoms with van der Waals surface area (Å²) in [5, 5.41) is 3.23. The Labute approximate surface area is 145 Å². The zero-order valence-electron chi connectivity index (χ0n) is 13.5. The number of nitrogens with one attached hydrogen (secondary N) is 1. The predicted molar refractivity (Wildman–Crippen MR) is 87.0 cm³/mol. The lowest BCUT2D eigenvalue weighted by Crippen LogP contribution is -2.45. The minimum atomic E-state index is -4.77. The zero-order valence-corrected chi connectivity index (χ0v) is 14.4. The molecule has 138 valence electrons. The topological polar surface area (TPSA) is 24.5 Å². The number of unbranched alkanes of at least 4 members (excludes halogenated alkanes) is 1. The van der Waals surface area contributed by atoms with E-state index in [0.29, 0.717) is 6.42 Å². The van der Waals surface area contributed by atoms with E-state index in [9.17, 15) is 17.6 Å². The quantitative estimate of drug-likeness (QED) is 0.756. The van der Waals surface area contributed by atoms with Gasteiger partial charge in [0.2, 0.25) is 0 Å². The van der Waals surface area contributed by atoms with Crippen molar-refractivity contribution in [3.05, 3.63) is 29.6 Å². The molecule has 0 spiro atoms. The number of ether oxygens (including phenoxy) is 1. The second kappa shape index (κ2) is 9.44. The van der Waals surface area contributed by atoms with Crippen molar-refractivity contribution in [2.45, 2.75) is 38.6 Å². The Morgan fingerprint density at radius 2 is 1.92 bits per heavy atom. The molecule has 1 heterocycles. The average molecular weight is 371 g/mol. The van der Waals surface area contributed by atoms with Gasteiger partial charge in [0.05, 0.1) is 0 Å². The number of rotatable bonds is 6. The van der Waals surface area contributed by atoms with Gasteiger partial charge < -0.3 is 10.1 Å². The predicted octanol–water partition coefficient (Wildman–Crippen LogP) is 4.28. The summed E-state index contributed by atoms with van der Waals surface area (Å²) in [6.45, 7) is 5.12. The van der Waals surface area contributed by atoms with Crippen molar-refractivity contribution in [1.82, 2.24) is 10.2 Å². The molecule has 0 bridgehead atoms. The summed E-state index contributed by atoms with van der Waals surface area (Å²) in [6, 6.07) is 3.03. The molecule has 0 saturated carbocycles.